The summed E-state index contributed by atoms with van der Waals surface area (Å²) in [5, 5.41) is 40.7. The van der Waals surface area contributed by atoms with Crippen LogP contribution in [0.4, 0.5) is 0 Å². The molecule has 0 aromatic heterocycles. The fourth-order valence-corrected chi connectivity index (χ4v) is 4.29. The molecule has 0 saturated carbocycles. The highest BCUT2D eigenvalue weighted by Gasteiger charge is 2.46. The minimum atomic E-state index is -1.57. The van der Waals surface area contributed by atoms with Crippen LogP contribution in [0.25, 0.3) is 0 Å². The number of benzene rings is 2. The van der Waals surface area contributed by atoms with Gasteiger partial charge in [0.05, 0.1) is 24.3 Å². The zero-order valence-electron chi connectivity index (χ0n) is 16.7. The summed E-state index contributed by atoms with van der Waals surface area (Å²) < 4.78 is 16.4. The lowest BCUT2D eigenvalue weighted by molar-refractivity contribution is -0.231. The van der Waals surface area contributed by atoms with Crippen LogP contribution < -0.4 is 9.47 Å². The number of hydrogen-bond donors (Lipinski definition) is 4. The number of carbonyl (C=O) groups is 1. The van der Waals surface area contributed by atoms with Crippen molar-refractivity contribution in [3.05, 3.63) is 57.6 Å². The van der Waals surface area contributed by atoms with Gasteiger partial charge >= 0.3 is 0 Å². The Morgan fingerprint density at radius 2 is 1.84 bits per heavy atom. The molecule has 0 bridgehead atoms. The molecule has 31 heavy (non-hydrogen) atoms. The molecule has 0 radical (unpaired) electrons. The lowest BCUT2D eigenvalue weighted by atomic mass is 9.86. The van der Waals surface area contributed by atoms with Gasteiger partial charge in [-0.1, -0.05) is 29.8 Å². The van der Waals surface area contributed by atoms with Gasteiger partial charge in [0.1, 0.15) is 42.0 Å². The number of Topliss-reactive ketones (excluding diaryl/α,β-unsaturated/α-hetero) is 1. The van der Waals surface area contributed by atoms with E-state index in [2.05, 4.69) is 0 Å². The molecule has 5 atom stereocenters. The Kier molecular flexibility index (Phi) is 6.20. The van der Waals surface area contributed by atoms with Crippen molar-refractivity contribution in [2.45, 2.75) is 36.9 Å². The summed E-state index contributed by atoms with van der Waals surface area (Å²) in [4.78, 5) is 12.5. The van der Waals surface area contributed by atoms with Crippen LogP contribution >= 0.6 is 11.6 Å². The maximum Gasteiger partial charge on any atom is 0.204 e. The van der Waals surface area contributed by atoms with E-state index in [9.17, 15) is 25.2 Å². The number of halogens is 1. The Bertz CT molecular complexity index is 974. The van der Waals surface area contributed by atoms with Crippen molar-refractivity contribution in [1.82, 2.24) is 0 Å². The van der Waals surface area contributed by atoms with E-state index in [0.29, 0.717) is 23.3 Å². The number of methoxy groups -OCH3 is 1. The van der Waals surface area contributed by atoms with Crippen molar-refractivity contribution in [2.24, 2.45) is 0 Å². The van der Waals surface area contributed by atoms with Gasteiger partial charge in [-0.25, -0.2) is 0 Å². The summed E-state index contributed by atoms with van der Waals surface area (Å²) in [6.45, 7) is -0.772. The lowest BCUT2D eigenvalue weighted by Gasteiger charge is -2.40. The Balaban J connectivity index is 1.77. The Labute approximate surface area is 183 Å². The maximum absolute atomic E-state index is 12.5. The molecule has 4 N–H and O–H groups in total. The maximum atomic E-state index is 12.5. The first kappa shape index (κ1) is 22.0. The summed E-state index contributed by atoms with van der Waals surface area (Å²) in [5.41, 5.74) is 2.02. The minimum Gasteiger partial charge on any atom is -0.497 e. The molecule has 1 saturated heterocycles. The highest BCUT2D eigenvalue weighted by molar-refractivity contribution is 6.34. The summed E-state index contributed by atoms with van der Waals surface area (Å²) in [7, 11) is 1.58. The largest absolute Gasteiger partial charge is 0.497 e. The van der Waals surface area contributed by atoms with Gasteiger partial charge in [0.25, 0.3) is 0 Å². The molecule has 2 heterocycles. The second kappa shape index (κ2) is 8.74. The zero-order chi connectivity index (χ0) is 22.3. The van der Waals surface area contributed by atoms with Crippen molar-refractivity contribution >= 4 is 17.4 Å². The molecule has 166 valence electrons. The third kappa shape index (κ3) is 3.91. The van der Waals surface area contributed by atoms with E-state index in [1.165, 1.54) is 0 Å². The van der Waals surface area contributed by atoms with E-state index in [0.717, 1.165) is 5.56 Å². The number of rotatable bonds is 5. The highest BCUT2D eigenvalue weighted by atomic mass is 35.5. The Hall–Kier alpha value is -2.20. The van der Waals surface area contributed by atoms with E-state index < -0.39 is 37.1 Å². The van der Waals surface area contributed by atoms with Crippen LogP contribution in [-0.2, 0) is 11.2 Å². The van der Waals surface area contributed by atoms with Crippen molar-refractivity contribution in [3.8, 4) is 11.5 Å². The van der Waals surface area contributed by atoms with Crippen molar-refractivity contribution in [2.75, 3.05) is 20.3 Å². The third-order valence-electron chi connectivity index (χ3n) is 5.71. The van der Waals surface area contributed by atoms with Crippen LogP contribution in [0.5, 0.6) is 11.5 Å². The molecule has 8 nitrogen and oxygen atoms in total. The van der Waals surface area contributed by atoms with Crippen LogP contribution in [0, 0.1) is 0 Å². The van der Waals surface area contributed by atoms with Crippen molar-refractivity contribution in [1.29, 1.82) is 0 Å². The number of ether oxygens (including phenoxy) is 3. The van der Waals surface area contributed by atoms with Gasteiger partial charge in [-0.3, -0.25) is 4.79 Å². The number of aliphatic hydroxyl groups is 4. The smallest absolute Gasteiger partial charge is 0.204 e. The summed E-state index contributed by atoms with van der Waals surface area (Å²) in [6, 6.07) is 9.03. The highest BCUT2D eigenvalue weighted by Crippen LogP contribution is 2.44. The van der Waals surface area contributed by atoms with Gasteiger partial charge in [-0.05, 0) is 35.2 Å². The number of fused-ring (bicyclic) bond motifs is 1. The number of ketones is 1. The monoisotopic (exact) mass is 450 g/mol. The predicted molar refractivity (Wildman–Crippen MR) is 110 cm³/mol. The number of carbonyl (C=O) groups excluding carboxylic acids is 1. The van der Waals surface area contributed by atoms with Crippen molar-refractivity contribution in [3.63, 3.8) is 0 Å². The fourth-order valence-electron chi connectivity index (χ4n) is 4.02. The predicted octanol–water partition coefficient (Wildman–Crippen LogP) is 1.03. The van der Waals surface area contributed by atoms with Crippen LogP contribution in [-0.4, -0.2) is 70.9 Å². The molecule has 0 aliphatic carbocycles. The number of hydrogen-bond acceptors (Lipinski definition) is 8. The summed E-state index contributed by atoms with van der Waals surface area (Å²) >= 11 is 6.55. The quantitative estimate of drug-likeness (QED) is 0.532. The van der Waals surface area contributed by atoms with Gasteiger partial charge in [0.2, 0.25) is 5.78 Å². The normalized spacial score (nSPS) is 27.7. The molecule has 0 unspecified atom stereocenters. The molecule has 2 aliphatic rings. The fraction of sp³-hybridized carbons (Fsp3) is 0.409. The molecule has 1 fully saturated rings. The SMILES string of the molecule is COc1ccc(Cc2cc([C@@H]3O[C@H](CO)[C@@H](O)[C@H](O)[C@H]3O)c3c(c2Cl)OCC3=O)cc1. The van der Waals surface area contributed by atoms with Gasteiger partial charge in [-0.2, -0.15) is 0 Å². The van der Waals surface area contributed by atoms with Gasteiger partial charge < -0.3 is 34.6 Å². The third-order valence-corrected chi connectivity index (χ3v) is 6.12. The van der Waals surface area contributed by atoms with Crippen LogP contribution in [0.1, 0.15) is 33.2 Å². The first-order valence-electron chi connectivity index (χ1n) is 9.80. The molecular weight excluding hydrogens is 428 g/mol. The second-order valence-corrected chi connectivity index (χ2v) is 8.01. The first-order chi connectivity index (χ1) is 14.8. The van der Waals surface area contributed by atoms with E-state index in [1.807, 2.05) is 24.3 Å². The molecule has 4 rings (SSSR count). The molecule has 0 amide bonds. The summed E-state index contributed by atoms with van der Waals surface area (Å²) in [5.74, 6) is 0.573. The van der Waals surface area contributed by atoms with Crippen LogP contribution in [0.15, 0.2) is 30.3 Å². The Morgan fingerprint density at radius 1 is 1.13 bits per heavy atom. The summed E-state index contributed by atoms with van der Waals surface area (Å²) in [6.07, 6.45) is -6.45. The van der Waals surface area contributed by atoms with Crippen LogP contribution in [0.3, 0.4) is 0 Å². The molecule has 2 aromatic rings. The molecule has 9 heteroatoms. The molecule has 0 spiro atoms. The molecule has 2 aromatic carbocycles. The van der Waals surface area contributed by atoms with E-state index >= 15 is 0 Å². The average molecular weight is 451 g/mol. The second-order valence-electron chi connectivity index (χ2n) is 7.63. The zero-order valence-corrected chi connectivity index (χ0v) is 17.5. The van der Waals surface area contributed by atoms with E-state index in [4.69, 9.17) is 25.8 Å². The van der Waals surface area contributed by atoms with Crippen molar-refractivity contribution < 1.29 is 39.4 Å². The lowest BCUT2D eigenvalue weighted by Crippen LogP contribution is -2.55. The van der Waals surface area contributed by atoms with E-state index in [-0.39, 0.29) is 28.7 Å². The standard InChI is InChI=1S/C22H23ClO8/c1-29-12-4-2-10(3-5-12)6-11-7-13(16-14(25)9-30-22(16)17(11)23)21-20(28)19(27)18(26)15(8-24)31-21/h2-5,7,15,18-21,24,26-28H,6,8-9H2,1H3/t15-,18-,19+,20-,21+/m1/s1. The van der Waals surface area contributed by atoms with Crippen LogP contribution in [0.2, 0.25) is 5.02 Å². The topological polar surface area (TPSA) is 126 Å². The first-order valence-corrected chi connectivity index (χ1v) is 10.2. The molecular formula is C22H23ClO8. The Morgan fingerprint density at radius 3 is 2.48 bits per heavy atom. The number of aliphatic hydroxyl groups excluding tert-OH is 4. The minimum absolute atomic E-state index is 0.174. The van der Waals surface area contributed by atoms with Gasteiger partial charge in [0.15, 0.2) is 6.61 Å². The average Bonchev–Trinajstić information content (AvgIpc) is 3.17. The molecule has 2 aliphatic heterocycles. The van der Waals surface area contributed by atoms with E-state index in [1.54, 1.807) is 13.2 Å². The van der Waals surface area contributed by atoms with Gasteiger partial charge in [-0.15, -0.1) is 0 Å². The van der Waals surface area contributed by atoms with Gasteiger partial charge in [0, 0.05) is 0 Å².